The Balaban J connectivity index is 4.45. The maximum Gasteiger partial charge on any atom is 0.335 e. The van der Waals surface area contributed by atoms with Gasteiger partial charge in [0.15, 0.2) is 12.2 Å². The smallest absolute Gasteiger partial charge is 0.335 e. The molecule has 0 rings (SSSR count). The zero-order valence-electron chi connectivity index (χ0n) is 6.94. The molecule has 14 heavy (non-hydrogen) atoms. The molecule has 8 nitrogen and oxygen atoms in total. The zero-order valence-corrected chi connectivity index (χ0v) is 6.94. The van der Waals surface area contributed by atoms with E-state index in [4.69, 9.17) is 25.5 Å². The monoisotopic (exact) mass is 209 g/mol. The van der Waals surface area contributed by atoms with Crippen LogP contribution in [0.4, 0.5) is 0 Å². The number of carbonyl (C=O) groups is 2. The summed E-state index contributed by atoms with van der Waals surface area (Å²) in [5, 5.41) is 43.6. The lowest BCUT2D eigenvalue weighted by Gasteiger charge is -2.22. The van der Waals surface area contributed by atoms with Gasteiger partial charge >= 0.3 is 5.97 Å². The summed E-state index contributed by atoms with van der Waals surface area (Å²) in [4.78, 5) is 20.4. The van der Waals surface area contributed by atoms with Crippen molar-refractivity contribution in [3.05, 3.63) is 0 Å². The van der Waals surface area contributed by atoms with Gasteiger partial charge in [-0.1, -0.05) is 0 Å². The fourth-order valence-corrected chi connectivity index (χ4v) is 0.688. The molecule has 7 N–H and O–H groups in total. The molecule has 0 saturated carbocycles. The van der Waals surface area contributed by atoms with Crippen molar-refractivity contribution in [1.82, 2.24) is 0 Å². The molecule has 82 valence electrons. The molecule has 1 amide bonds. The van der Waals surface area contributed by atoms with E-state index >= 15 is 0 Å². The Kier molecular flexibility index (Phi) is 4.44. The summed E-state index contributed by atoms with van der Waals surface area (Å²) < 4.78 is 0. The number of amides is 1. The van der Waals surface area contributed by atoms with E-state index in [1.54, 1.807) is 0 Å². The number of aliphatic hydroxyl groups excluding tert-OH is 4. The maximum atomic E-state index is 10.3. The van der Waals surface area contributed by atoms with Crippen LogP contribution in [0.2, 0.25) is 0 Å². The van der Waals surface area contributed by atoms with Crippen LogP contribution in [0, 0.1) is 0 Å². The summed E-state index contributed by atoms with van der Waals surface area (Å²) in [5.74, 6) is -3.14. The number of carboxylic acids is 1. The number of rotatable bonds is 5. The van der Waals surface area contributed by atoms with Crippen LogP contribution in [0.5, 0.6) is 0 Å². The number of aliphatic hydroxyl groups is 4. The number of hydrogen-bond acceptors (Lipinski definition) is 6. The summed E-state index contributed by atoms with van der Waals surface area (Å²) in [6, 6.07) is 0. The van der Waals surface area contributed by atoms with Crippen molar-refractivity contribution < 1.29 is 35.1 Å². The summed E-state index contributed by atoms with van der Waals surface area (Å²) in [5.41, 5.74) is 4.56. The minimum absolute atomic E-state index is 1.34. The second-order valence-electron chi connectivity index (χ2n) is 2.61. The highest BCUT2D eigenvalue weighted by Gasteiger charge is 2.36. The predicted molar refractivity (Wildman–Crippen MR) is 40.9 cm³/mol. The maximum absolute atomic E-state index is 10.3. The first kappa shape index (κ1) is 12.8. The molecule has 0 bridgehead atoms. The minimum atomic E-state index is -2.31. The van der Waals surface area contributed by atoms with E-state index in [2.05, 4.69) is 5.73 Å². The zero-order chi connectivity index (χ0) is 11.5. The Bertz CT molecular complexity index is 206. The molecular weight excluding hydrogens is 198 g/mol. The van der Waals surface area contributed by atoms with E-state index in [1.165, 1.54) is 0 Å². The van der Waals surface area contributed by atoms with Gasteiger partial charge in [0, 0.05) is 0 Å². The number of carboxylic acid groups (broad SMARTS) is 1. The lowest BCUT2D eigenvalue weighted by atomic mass is 10.0. The molecule has 0 aromatic carbocycles. The van der Waals surface area contributed by atoms with Crippen LogP contribution in [0.1, 0.15) is 0 Å². The van der Waals surface area contributed by atoms with Crippen LogP contribution in [0.15, 0.2) is 0 Å². The van der Waals surface area contributed by atoms with Crippen LogP contribution in [-0.4, -0.2) is 61.8 Å². The van der Waals surface area contributed by atoms with Crippen LogP contribution in [0.3, 0.4) is 0 Å². The Morgan fingerprint density at radius 1 is 0.929 bits per heavy atom. The Morgan fingerprint density at radius 3 is 1.57 bits per heavy atom. The van der Waals surface area contributed by atoms with Crippen molar-refractivity contribution in [2.45, 2.75) is 24.4 Å². The largest absolute Gasteiger partial charge is 0.479 e. The minimum Gasteiger partial charge on any atom is -0.479 e. The van der Waals surface area contributed by atoms with Crippen molar-refractivity contribution in [3.63, 3.8) is 0 Å². The molecule has 0 unspecified atom stereocenters. The van der Waals surface area contributed by atoms with Gasteiger partial charge in [-0.2, -0.15) is 0 Å². The third kappa shape index (κ3) is 2.92. The molecule has 8 heteroatoms. The highest BCUT2D eigenvalue weighted by Crippen LogP contribution is 2.05. The third-order valence-electron chi connectivity index (χ3n) is 1.54. The first-order chi connectivity index (χ1) is 6.29. The van der Waals surface area contributed by atoms with Crippen LogP contribution < -0.4 is 5.73 Å². The van der Waals surface area contributed by atoms with Crippen LogP contribution in [0.25, 0.3) is 0 Å². The molecule has 0 spiro atoms. The van der Waals surface area contributed by atoms with Gasteiger partial charge in [-0.25, -0.2) is 4.79 Å². The quantitative estimate of drug-likeness (QED) is 0.269. The lowest BCUT2D eigenvalue weighted by molar-refractivity contribution is -0.165. The normalized spacial score (nSPS) is 19.4. The Morgan fingerprint density at radius 2 is 1.29 bits per heavy atom. The molecule has 0 aromatic heterocycles. The summed E-state index contributed by atoms with van der Waals surface area (Å²) in [7, 11) is 0. The SMILES string of the molecule is NC(=O)[C@@H](O)[C@H](O)[C@@H](O)[C@@H](O)C(=O)O. The molecule has 0 radical (unpaired) electrons. The van der Waals surface area contributed by atoms with Gasteiger partial charge in [-0.05, 0) is 0 Å². The molecule has 0 aliphatic heterocycles. The number of primary amides is 1. The molecule has 4 atom stereocenters. The molecule has 0 aliphatic carbocycles. The van der Waals surface area contributed by atoms with Gasteiger partial charge in [-0.15, -0.1) is 0 Å². The number of carbonyl (C=O) groups excluding carboxylic acids is 1. The number of nitrogens with two attached hydrogens (primary N) is 1. The first-order valence-electron chi connectivity index (χ1n) is 3.53. The van der Waals surface area contributed by atoms with Gasteiger partial charge < -0.3 is 31.3 Å². The van der Waals surface area contributed by atoms with E-state index in [9.17, 15) is 9.59 Å². The van der Waals surface area contributed by atoms with Crippen molar-refractivity contribution >= 4 is 11.9 Å². The Labute approximate surface area is 78.2 Å². The topological polar surface area (TPSA) is 161 Å². The molecule has 0 aromatic rings. The molecule has 0 saturated heterocycles. The molecule has 0 fully saturated rings. The molecule has 0 aliphatic rings. The predicted octanol–water partition coefficient (Wildman–Crippen LogP) is -4.00. The fraction of sp³-hybridized carbons (Fsp3) is 0.667. The van der Waals surface area contributed by atoms with E-state index in [-0.39, 0.29) is 0 Å². The van der Waals surface area contributed by atoms with Gasteiger partial charge in [0.05, 0.1) is 0 Å². The fourth-order valence-electron chi connectivity index (χ4n) is 0.688. The Hall–Kier alpha value is -1.22. The number of aliphatic carboxylic acids is 1. The average molecular weight is 209 g/mol. The lowest BCUT2D eigenvalue weighted by Crippen LogP contribution is -2.51. The highest BCUT2D eigenvalue weighted by molar-refractivity contribution is 5.79. The average Bonchev–Trinajstić information content (AvgIpc) is 2.12. The van der Waals surface area contributed by atoms with E-state index in [1.807, 2.05) is 0 Å². The second kappa shape index (κ2) is 4.86. The van der Waals surface area contributed by atoms with Gasteiger partial charge in [0.25, 0.3) is 0 Å². The van der Waals surface area contributed by atoms with E-state index < -0.39 is 36.3 Å². The second-order valence-corrected chi connectivity index (χ2v) is 2.61. The van der Waals surface area contributed by atoms with E-state index in [0.29, 0.717) is 0 Å². The van der Waals surface area contributed by atoms with Gasteiger partial charge in [0.1, 0.15) is 12.2 Å². The molecular formula is C6H11NO7. The van der Waals surface area contributed by atoms with Gasteiger partial charge in [-0.3, -0.25) is 4.79 Å². The first-order valence-corrected chi connectivity index (χ1v) is 3.53. The molecule has 0 heterocycles. The highest BCUT2D eigenvalue weighted by atomic mass is 16.4. The van der Waals surface area contributed by atoms with Crippen molar-refractivity contribution in [2.24, 2.45) is 5.73 Å². The van der Waals surface area contributed by atoms with Crippen LogP contribution in [-0.2, 0) is 9.59 Å². The summed E-state index contributed by atoms with van der Waals surface area (Å²) >= 11 is 0. The number of hydrogen-bond donors (Lipinski definition) is 6. The van der Waals surface area contributed by atoms with E-state index in [0.717, 1.165) is 0 Å². The standard InChI is InChI=1S/C6H11NO7/c7-5(12)3(10)1(8)2(9)4(11)6(13)14/h1-4,8-11H,(H2,7,12)(H,13,14)/t1-,2-,3+,4-/m1/s1. The van der Waals surface area contributed by atoms with Gasteiger partial charge in [0.2, 0.25) is 5.91 Å². The summed E-state index contributed by atoms with van der Waals surface area (Å²) in [6.45, 7) is 0. The summed E-state index contributed by atoms with van der Waals surface area (Å²) in [6.07, 6.45) is -8.80. The van der Waals surface area contributed by atoms with Crippen molar-refractivity contribution in [1.29, 1.82) is 0 Å². The third-order valence-corrected chi connectivity index (χ3v) is 1.54. The van der Waals surface area contributed by atoms with Crippen LogP contribution >= 0.6 is 0 Å². The van der Waals surface area contributed by atoms with Crippen molar-refractivity contribution in [3.8, 4) is 0 Å². The van der Waals surface area contributed by atoms with Crippen molar-refractivity contribution in [2.75, 3.05) is 0 Å².